The number of hydrogen-bond donors (Lipinski definition) is 3. The van der Waals surface area contributed by atoms with Gasteiger partial charge < -0.3 is 15.2 Å². The van der Waals surface area contributed by atoms with Gasteiger partial charge in [-0.05, 0) is 43.9 Å². The summed E-state index contributed by atoms with van der Waals surface area (Å²) in [5.74, 6) is -1.31. The molecule has 8 nitrogen and oxygen atoms in total. The summed E-state index contributed by atoms with van der Waals surface area (Å²) >= 11 is 0. The molecule has 0 radical (unpaired) electrons. The van der Waals surface area contributed by atoms with Gasteiger partial charge in [0, 0.05) is 19.6 Å². The van der Waals surface area contributed by atoms with Gasteiger partial charge in [0.2, 0.25) is 15.9 Å². The smallest absolute Gasteiger partial charge is 0.305 e. The van der Waals surface area contributed by atoms with Gasteiger partial charge in [0.05, 0.1) is 23.5 Å². The van der Waals surface area contributed by atoms with Gasteiger partial charge in [-0.1, -0.05) is 12.1 Å². The number of ether oxygens (including phenoxy) is 1. The highest BCUT2D eigenvalue weighted by Crippen LogP contribution is 2.22. The molecule has 1 aromatic carbocycles. The molecule has 0 aromatic heterocycles. The minimum Gasteiger partial charge on any atom is -0.481 e. The fourth-order valence-electron chi connectivity index (χ4n) is 2.76. The molecule has 0 heterocycles. The number of benzene rings is 1. The van der Waals surface area contributed by atoms with E-state index in [4.69, 9.17) is 9.84 Å². The summed E-state index contributed by atoms with van der Waals surface area (Å²) in [6.45, 7) is 1.71. The number of carboxylic acids is 1. The van der Waals surface area contributed by atoms with Crippen LogP contribution in [0.25, 0.3) is 0 Å². The molecule has 150 valence electrons. The molecule has 1 unspecified atom stereocenters. The second kappa shape index (κ2) is 8.81. The molecule has 0 saturated heterocycles. The van der Waals surface area contributed by atoms with Gasteiger partial charge in [0.25, 0.3) is 0 Å². The summed E-state index contributed by atoms with van der Waals surface area (Å²) in [5.41, 5.74) is -0.161. The highest BCUT2D eigenvalue weighted by atomic mass is 32.2. The lowest BCUT2D eigenvalue weighted by atomic mass is 9.98. The maximum atomic E-state index is 12.2. The fraction of sp³-hybridized carbons (Fsp3) is 0.556. The number of rotatable bonds is 11. The third-order valence-corrected chi connectivity index (χ3v) is 5.76. The Balaban J connectivity index is 1.89. The quantitative estimate of drug-likeness (QED) is 0.512. The van der Waals surface area contributed by atoms with Crippen molar-refractivity contribution in [3.63, 3.8) is 0 Å². The van der Waals surface area contributed by atoms with Gasteiger partial charge >= 0.3 is 5.97 Å². The van der Waals surface area contributed by atoms with E-state index in [1.165, 1.54) is 19.2 Å². The SMILES string of the molecule is COCC(C)(CC(=O)O)NC(=O)CCc1ccc(S(=O)(=O)NC2CC2)cc1. The second-order valence-electron chi connectivity index (χ2n) is 7.15. The number of aliphatic carboxylic acids is 1. The van der Waals surface area contributed by atoms with Gasteiger partial charge in [-0.25, -0.2) is 13.1 Å². The van der Waals surface area contributed by atoms with E-state index in [1.807, 2.05) is 0 Å². The maximum Gasteiger partial charge on any atom is 0.305 e. The number of methoxy groups -OCH3 is 1. The van der Waals surface area contributed by atoms with Crippen molar-refractivity contribution in [2.75, 3.05) is 13.7 Å². The average Bonchev–Trinajstić information content (AvgIpc) is 3.35. The molecule has 0 spiro atoms. The maximum absolute atomic E-state index is 12.2. The number of hydrogen-bond acceptors (Lipinski definition) is 5. The van der Waals surface area contributed by atoms with Crippen molar-refractivity contribution in [1.29, 1.82) is 0 Å². The lowest BCUT2D eigenvalue weighted by Crippen LogP contribution is -2.50. The molecule has 2 rings (SSSR count). The Morgan fingerprint density at radius 3 is 2.41 bits per heavy atom. The van der Waals surface area contributed by atoms with Crippen molar-refractivity contribution in [2.24, 2.45) is 0 Å². The number of sulfonamides is 1. The molecule has 1 amide bonds. The van der Waals surface area contributed by atoms with Gasteiger partial charge in [0.1, 0.15) is 0 Å². The van der Waals surface area contributed by atoms with Crippen LogP contribution in [-0.4, -0.2) is 50.7 Å². The Kier molecular flexibility index (Phi) is 6.96. The van der Waals surface area contributed by atoms with Crippen molar-refractivity contribution in [3.05, 3.63) is 29.8 Å². The van der Waals surface area contributed by atoms with Crippen LogP contribution >= 0.6 is 0 Å². The van der Waals surface area contributed by atoms with Crippen LogP contribution in [0, 0.1) is 0 Å². The predicted molar refractivity (Wildman–Crippen MR) is 98.8 cm³/mol. The Bertz CT molecular complexity index is 774. The summed E-state index contributed by atoms with van der Waals surface area (Å²) in [5, 5.41) is 11.7. The van der Waals surface area contributed by atoms with E-state index >= 15 is 0 Å². The molecule has 0 bridgehead atoms. The number of carbonyl (C=O) groups excluding carboxylic acids is 1. The van der Waals surface area contributed by atoms with Crippen LogP contribution in [-0.2, 0) is 30.8 Å². The summed E-state index contributed by atoms with van der Waals surface area (Å²) in [7, 11) is -2.04. The van der Waals surface area contributed by atoms with Crippen molar-refractivity contribution in [3.8, 4) is 0 Å². The zero-order valence-electron chi connectivity index (χ0n) is 15.5. The fourth-order valence-corrected chi connectivity index (χ4v) is 4.07. The van der Waals surface area contributed by atoms with E-state index < -0.39 is 21.5 Å². The lowest BCUT2D eigenvalue weighted by molar-refractivity contribution is -0.139. The van der Waals surface area contributed by atoms with Crippen molar-refractivity contribution >= 4 is 21.9 Å². The molecule has 9 heteroatoms. The number of aryl methyl sites for hydroxylation is 1. The first-order valence-corrected chi connectivity index (χ1v) is 10.2. The Morgan fingerprint density at radius 1 is 1.26 bits per heavy atom. The van der Waals surface area contributed by atoms with E-state index in [2.05, 4.69) is 10.0 Å². The van der Waals surface area contributed by atoms with Crippen LogP contribution in [0.3, 0.4) is 0 Å². The molecule has 3 N–H and O–H groups in total. The topological polar surface area (TPSA) is 122 Å². The third kappa shape index (κ3) is 6.93. The number of carbonyl (C=O) groups is 2. The largest absolute Gasteiger partial charge is 0.481 e. The molecule has 27 heavy (non-hydrogen) atoms. The van der Waals surface area contributed by atoms with E-state index in [0.29, 0.717) is 6.42 Å². The van der Waals surface area contributed by atoms with Crippen LogP contribution in [0.5, 0.6) is 0 Å². The summed E-state index contributed by atoms with van der Waals surface area (Å²) < 4.78 is 31.9. The normalized spacial score (nSPS) is 16.5. The van der Waals surface area contributed by atoms with Crippen LogP contribution in [0.4, 0.5) is 0 Å². The summed E-state index contributed by atoms with van der Waals surface area (Å²) in [6.07, 6.45) is 2.07. The van der Waals surface area contributed by atoms with Crippen LogP contribution in [0.2, 0.25) is 0 Å². The van der Waals surface area contributed by atoms with E-state index in [9.17, 15) is 18.0 Å². The first-order chi connectivity index (χ1) is 12.6. The van der Waals surface area contributed by atoms with Gasteiger partial charge in [-0.15, -0.1) is 0 Å². The minimum absolute atomic E-state index is 0.0468. The van der Waals surface area contributed by atoms with E-state index in [1.54, 1.807) is 19.1 Å². The van der Waals surface area contributed by atoms with E-state index in [0.717, 1.165) is 18.4 Å². The first kappa shape index (κ1) is 21.3. The van der Waals surface area contributed by atoms with Gasteiger partial charge in [0.15, 0.2) is 0 Å². The molecular formula is C18H26N2O6S. The Labute approximate surface area is 159 Å². The molecule has 1 atom stereocenters. The zero-order chi connectivity index (χ0) is 20.1. The van der Waals surface area contributed by atoms with Crippen molar-refractivity contribution in [2.45, 2.75) is 55.5 Å². The first-order valence-electron chi connectivity index (χ1n) is 8.76. The van der Waals surface area contributed by atoms with Crippen LogP contribution in [0.15, 0.2) is 29.2 Å². The highest BCUT2D eigenvalue weighted by molar-refractivity contribution is 7.89. The van der Waals surface area contributed by atoms with Gasteiger partial charge in [-0.3, -0.25) is 9.59 Å². The molecule has 1 saturated carbocycles. The van der Waals surface area contributed by atoms with Crippen LogP contribution < -0.4 is 10.0 Å². The van der Waals surface area contributed by atoms with Gasteiger partial charge in [-0.2, -0.15) is 0 Å². The molecule has 1 fully saturated rings. The Hall–Kier alpha value is -1.97. The Morgan fingerprint density at radius 2 is 1.89 bits per heavy atom. The average molecular weight is 398 g/mol. The summed E-state index contributed by atoms with van der Waals surface area (Å²) in [4.78, 5) is 23.4. The minimum atomic E-state index is -3.49. The molecule has 0 aliphatic heterocycles. The molecule has 1 aliphatic carbocycles. The number of nitrogens with one attached hydrogen (secondary N) is 2. The number of carboxylic acid groups (broad SMARTS) is 1. The molecule has 1 aliphatic rings. The molecular weight excluding hydrogens is 372 g/mol. The van der Waals surface area contributed by atoms with Crippen molar-refractivity contribution in [1.82, 2.24) is 10.0 Å². The lowest BCUT2D eigenvalue weighted by Gasteiger charge is -2.28. The van der Waals surface area contributed by atoms with Crippen LogP contribution in [0.1, 0.15) is 38.2 Å². The third-order valence-electron chi connectivity index (χ3n) is 4.22. The predicted octanol–water partition coefficient (Wildman–Crippen LogP) is 1.06. The zero-order valence-corrected chi connectivity index (χ0v) is 16.3. The van der Waals surface area contributed by atoms with E-state index in [-0.39, 0.29) is 36.3 Å². The highest BCUT2D eigenvalue weighted by Gasteiger charge is 2.29. The monoisotopic (exact) mass is 398 g/mol. The van der Waals surface area contributed by atoms with Crippen molar-refractivity contribution < 1.29 is 27.9 Å². The molecule has 1 aromatic rings. The standard InChI is InChI=1S/C18H26N2O6S/c1-18(12-26-2,11-17(22)23)19-16(21)10-5-13-3-8-15(9-4-13)27(24,25)20-14-6-7-14/h3-4,8-9,14,20H,5-7,10-12H2,1-2H3,(H,19,21)(H,22,23). The number of amides is 1. The summed E-state index contributed by atoms with van der Waals surface area (Å²) in [6, 6.07) is 6.46. The second-order valence-corrected chi connectivity index (χ2v) is 8.87.